The van der Waals surface area contributed by atoms with Gasteiger partial charge in [-0.25, -0.2) is 9.59 Å². The number of aliphatic hydroxyl groups excluding tert-OH is 2. The molecule has 1 aliphatic rings. The number of rotatable bonds is 6. The molecule has 14 nitrogen and oxygen atoms in total. The van der Waals surface area contributed by atoms with Gasteiger partial charge in [0.1, 0.15) is 25.4 Å². The highest BCUT2D eigenvalue weighted by Crippen LogP contribution is 2.37. The van der Waals surface area contributed by atoms with Crippen LogP contribution >= 0.6 is 0 Å². The molecule has 0 aromatic heterocycles. The van der Waals surface area contributed by atoms with Gasteiger partial charge in [-0.2, -0.15) is 0 Å². The number of benzene rings is 2. The summed E-state index contributed by atoms with van der Waals surface area (Å²) in [6.07, 6.45) is -5.53. The number of phenols is 6. The molecule has 0 unspecified atom stereocenters. The molecule has 0 amide bonds. The predicted octanol–water partition coefficient (Wildman–Crippen LogP) is -1.26. The maximum atomic E-state index is 12.1. The molecule has 1 aliphatic heterocycles. The SMILES string of the molecule is O=C(OC[C@@H]1O[C@@H](O)[C@](O)(COC(=O)c2cc(O)c(O)c(O)c2)[C@H]1O)c1cc(O)c(O)c(O)c1. The zero-order chi connectivity index (χ0) is 25.4. The lowest BCUT2D eigenvalue weighted by atomic mass is 9.96. The lowest BCUT2D eigenvalue weighted by Crippen LogP contribution is -2.52. The summed E-state index contributed by atoms with van der Waals surface area (Å²) in [5.41, 5.74) is -3.36. The molecule has 2 aromatic carbocycles. The zero-order valence-corrected chi connectivity index (χ0v) is 17.0. The van der Waals surface area contributed by atoms with Gasteiger partial charge in [0.2, 0.25) is 0 Å². The Labute approximate surface area is 189 Å². The Balaban J connectivity index is 1.63. The maximum Gasteiger partial charge on any atom is 0.338 e. The van der Waals surface area contributed by atoms with Crippen molar-refractivity contribution in [1.82, 2.24) is 0 Å². The minimum absolute atomic E-state index is 0.370. The Morgan fingerprint density at radius 3 is 1.65 bits per heavy atom. The van der Waals surface area contributed by atoms with E-state index < -0.39 is 89.3 Å². The second-order valence-electron chi connectivity index (χ2n) is 7.36. The standard InChI is InChI=1S/C20H20O14/c21-9-1-7(2-10(22)14(9)25)17(28)32-5-13-16(27)20(31,19(30)34-13)6-33-18(29)8-3-11(23)15(26)12(24)4-8/h1-4,13,16,19,21-27,30-31H,5-6H2/t13-,16-,19+,20-/m0/s1. The van der Waals surface area contributed by atoms with E-state index in [2.05, 4.69) is 0 Å². The van der Waals surface area contributed by atoms with Gasteiger partial charge >= 0.3 is 11.9 Å². The highest BCUT2D eigenvalue weighted by atomic mass is 16.7. The summed E-state index contributed by atoms with van der Waals surface area (Å²) in [6.45, 7) is -1.75. The quantitative estimate of drug-likeness (QED) is 0.172. The van der Waals surface area contributed by atoms with E-state index in [4.69, 9.17) is 14.2 Å². The molecule has 1 fully saturated rings. The minimum atomic E-state index is -2.57. The van der Waals surface area contributed by atoms with E-state index in [0.29, 0.717) is 0 Å². The van der Waals surface area contributed by atoms with Gasteiger partial charge in [0.05, 0.1) is 11.1 Å². The molecule has 0 aliphatic carbocycles. The second kappa shape index (κ2) is 9.11. The van der Waals surface area contributed by atoms with E-state index >= 15 is 0 Å². The Kier molecular flexibility index (Phi) is 6.60. The summed E-state index contributed by atoms with van der Waals surface area (Å²) in [4.78, 5) is 24.2. The third-order valence-electron chi connectivity index (χ3n) is 5.02. The smallest absolute Gasteiger partial charge is 0.338 e. The van der Waals surface area contributed by atoms with Crippen molar-refractivity contribution < 1.29 is 69.8 Å². The van der Waals surface area contributed by atoms with Crippen molar-refractivity contribution in [3.05, 3.63) is 35.4 Å². The molecular formula is C20H20O14. The van der Waals surface area contributed by atoms with Crippen LogP contribution in [0.4, 0.5) is 0 Å². The van der Waals surface area contributed by atoms with Crippen LogP contribution in [-0.2, 0) is 14.2 Å². The molecule has 1 saturated heterocycles. The normalized spacial score (nSPS) is 24.0. The van der Waals surface area contributed by atoms with Gasteiger partial charge in [0.15, 0.2) is 46.4 Å². The van der Waals surface area contributed by atoms with Gasteiger partial charge in [-0.3, -0.25) is 0 Å². The van der Waals surface area contributed by atoms with Crippen LogP contribution in [0.3, 0.4) is 0 Å². The van der Waals surface area contributed by atoms with Crippen molar-refractivity contribution in [3.63, 3.8) is 0 Å². The number of carbonyl (C=O) groups is 2. The van der Waals surface area contributed by atoms with Crippen LogP contribution in [0.2, 0.25) is 0 Å². The third kappa shape index (κ3) is 4.55. The van der Waals surface area contributed by atoms with Gasteiger partial charge in [-0.05, 0) is 24.3 Å². The monoisotopic (exact) mass is 484 g/mol. The van der Waals surface area contributed by atoms with Gasteiger partial charge in [-0.1, -0.05) is 0 Å². The number of aromatic hydroxyl groups is 6. The van der Waals surface area contributed by atoms with Crippen molar-refractivity contribution in [2.75, 3.05) is 13.2 Å². The summed E-state index contributed by atoms with van der Waals surface area (Å²) < 4.78 is 14.6. The number of ether oxygens (including phenoxy) is 3. The van der Waals surface area contributed by atoms with E-state index in [1.807, 2.05) is 0 Å². The van der Waals surface area contributed by atoms with Crippen LogP contribution in [-0.4, -0.2) is 95.2 Å². The highest BCUT2D eigenvalue weighted by molar-refractivity contribution is 5.91. The van der Waals surface area contributed by atoms with E-state index in [0.717, 1.165) is 24.3 Å². The van der Waals surface area contributed by atoms with Gasteiger partial charge in [0.25, 0.3) is 0 Å². The summed E-state index contributed by atoms with van der Waals surface area (Å²) in [7, 11) is 0. The van der Waals surface area contributed by atoms with E-state index in [-0.39, 0.29) is 5.56 Å². The first-order valence-corrected chi connectivity index (χ1v) is 9.43. The van der Waals surface area contributed by atoms with Crippen LogP contribution in [0.15, 0.2) is 24.3 Å². The average Bonchev–Trinajstić information content (AvgIpc) is 3.00. The molecule has 184 valence electrons. The van der Waals surface area contributed by atoms with Gasteiger partial charge in [0, 0.05) is 0 Å². The molecule has 0 saturated carbocycles. The van der Waals surface area contributed by atoms with Crippen molar-refractivity contribution in [2.24, 2.45) is 0 Å². The summed E-state index contributed by atoms with van der Waals surface area (Å²) in [5.74, 6) is -7.31. The largest absolute Gasteiger partial charge is 0.504 e. The molecule has 14 heteroatoms. The van der Waals surface area contributed by atoms with Crippen LogP contribution in [0.5, 0.6) is 34.5 Å². The van der Waals surface area contributed by atoms with Crippen molar-refractivity contribution in [3.8, 4) is 34.5 Å². The van der Waals surface area contributed by atoms with Gasteiger partial charge < -0.3 is 60.2 Å². The first-order chi connectivity index (χ1) is 15.8. The van der Waals surface area contributed by atoms with Crippen LogP contribution in [0.1, 0.15) is 20.7 Å². The molecule has 0 bridgehead atoms. The lowest BCUT2D eigenvalue weighted by molar-refractivity contribution is -0.191. The fourth-order valence-corrected chi connectivity index (χ4v) is 3.06. The Morgan fingerprint density at radius 1 is 0.794 bits per heavy atom. The number of hydrogen-bond acceptors (Lipinski definition) is 14. The number of aliphatic hydroxyl groups is 3. The molecule has 4 atom stereocenters. The molecule has 1 heterocycles. The van der Waals surface area contributed by atoms with Crippen molar-refractivity contribution in [1.29, 1.82) is 0 Å². The fraction of sp³-hybridized carbons (Fsp3) is 0.300. The zero-order valence-electron chi connectivity index (χ0n) is 17.0. The highest BCUT2D eigenvalue weighted by Gasteiger charge is 2.56. The first-order valence-electron chi connectivity index (χ1n) is 9.43. The van der Waals surface area contributed by atoms with Crippen LogP contribution in [0, 0.1) is 0 Å². The first kappa shape index (κ1) is 24.7. The van der Waals surface area contributed by atoms with Crippen molar-refractivity contribution >= 4 is 11.9 Å². The van der Waals surface area contributed by atoms with E-state index in [1.165, 1.54) is 0 Å². The van der Waals surface area contributed by atoms with Gasteiger partial charge in [-0.15, -0.1) is 0 Å². The number of hydrogen-bond donors (Lipinski definition) is 9. The number of carbonyl (C=O) groups excluding carboxylic acids is 2. The van der Waals surface area contributed by atoms with E-state index in [1.54, 1.807) is 0 Å². The molecule has 34 heavy (non-hydrogen) atoms. The minimum Gasteiger partial charge on any atom is -0.504 e. The molecule has 3 rings (SSSR count). The number of phenolic OH excluding ortho intramolecular Hbond substituents is 6. The molecule has 2 aromatic rings. The average molecular weight is 484 g/mol. The predicted molar refractivity (Wildman–Crippen MR) is 105 cm³/mol. The maximum absolute atomic E-state index is 12.1. The molecule has 0 radical (unpaired) electrons. The van der Waals surface area contributed by atoms with E-state index in [9.17, 15) is 55.5 Å². The molecule has 0 spiro atoms. The Bertz CT molecular complexity index is 1070. The Hall–Kier alpha value is -3.98. The topological polar surface area (TPSA) is 244 Å². The Morgan fingerprint density at radius 2 is 1.21 bits per heavy atom. The molecule has 9 N–H and O–H groups in total. The lowest BCUT2D eigenvalue weighted by Gasteiger charge is -2.27. The number of esters is 2. The van der Waals surface area contributed by atoms with Crippen molar-refractivity contribution in [2.45, 2.75) is 24.1 Å². The summed E-state index contributed by atoms with van der Waals surface area (Å²) in [5, 5.41) is 87.4. The molecular weight excluding hydrogens is 464 g/mol. The third-order valence-corrected chi connectivity index (χ3v) is 5.02. The summed E-state index contributed by atoms with van der Waals surface area (Å²) >= 11 is 0. The van der Waals surface area contributed by atoms with Crippen LogP contribution < -0.4 is 0 Å². The fourth-order valence-electron chi connectivity index (χ4n) is 3.06. The summed E-state index contributed by atoms with van der Waals surface area (Å²) in [6, 6.07) is 3.13. The van der Waals surface area contributed by atoms with Crippen LogP contribution in [0.25, 0.3) is 0 Å². The second-order valence-corrected chi connectivity index (χ2v) is 7.36.